The van der Waals surface area contributed by atoms with E-state index in [1.54, 1.807) is 41.3 Å². The van der Waals surface area contributed by atoms with E-state index in [9.17, 15) is 15.2 Å². The first-order valence-corrected chi connectivity index (χ1v) is 25.9. The Morgan fingerprint density at radius 2 is 1.43 bits per heavy atom. The average Bonchev–Trinajstić information content (AvgIpc) is 4.10. The number of carbonyl (C=O) groups is 4. The number of carbonyl (C=O) groups excluding carboxylic acids is 4. The lowest BCUT2D eigenvalue weighted by molar-refractivity contribution is -0.384. The van der Waals surface area contributed by atoms with Gasteiger partial charge >= 0.3 is 12.1 Å². The Hall–Kier alpha value is -8.16. The molecule has 1 spiro atoms. The smallest absolute Gasteiger partial charge is 0.421 e. The summed E-state index contributed by atoms with van der Waals surface area (Å²) in [6, 6.07) is 43.5. The summed E-state index contributed by atoms with van der Waals surface area (Å²) in [6.07, 6.45) is 2.26. The van der Waals surface area contributed by atoms with Gasteiger partial charge in [-0.1, -0.05) is 134 Å². The molecule has 388 valence electrons. The standard InChI is InChI=1S/C61H59N5O10/c1-62(40-43-18-8-5-9-19-43)33-17-20-42-29-32-51-50(38-42)61(59(70)64(51)60(71)75-41-44-27-30-48(31-28-44)66(72)73)52(57(68)63-34-14-3-2-4-15-35-63)54-58(69)76-55(46-23-12-7-13-24-46)53(45-21-10-6-11-22-45)65(54)56(61)47-25-16-26-49(39-47)74-37-36-67/h5-13,16,18-19,21-32,38-39,52-56,67H,2-4,14-15,33-37,40-41H2,1H3/t52-,53-,54-,55+,56+,61-/m0/s1. The number of fused-ring (bicyclic) bond motifs is 3. The molecule has 0 aliphatic carbocycles. The summed E-state index contributed by atoms with van der Waals surface area (Å²) in [6.45, 7) is 1.17. The van der Waals surface area contributed by atoms with E-state index in [0.717, 1.165) is 35.3 Å². The van der Waals surface area contributed by atoms with Crippen molar-refractivity contribution in [2.75, 3.05) is 44.8 Å². The predicted octanol–water partition coefficient (Wildman–Crippen LogP) is 9.24. The Morgan fingerprint density at radius 3 is 2.12 bits per heavy atom. The average molecular weight is 1020 g/mol. The van der Waals surface area contributed by atoms with Gasteiger partial charge in [0.15, 0.2) is 0 Å². The molecule has 4 aliphatic rings. The molecule has 4 heterocycles. The van der Waals surface area contributed by atoms with Crippen LogP contribution < -0.4 is 9.64 Å². The predicted molar refractivity (Wildman–Crippen MR) is 284 cm³/mol. The van der Waals surface area contributed by atoms with Crippen molar-refractivity contribution in [3.8, 4) is 17.6 Å². The van der Waals surface area contributed by atoms with Gasteiger partial charge in [0.05, 0.1) is 41.8 Å². The van der Waals surface area contributed by atoms with Crippen molar-refractivity contribution >= 4 is 35.3 Å². The Labute approximate surface area is 441 Å². The van der Waals surface area contributed by atoms with E-state index in [4.69, 9.17) is 14.2 Å². The third kappa shape index (κ3) is 10.1. The number of rotatable bonds is 13. The number of imide groups is 1. The molecule has 6 aromatic carbocycles. The number of hydrogen-bond donors (Lipinski definition) is 1. The summed E-state index contributed by atoms with van der Waals surface area (Å²) < 4.78 is 18.7. The molecule has 0 radical (unpaired) electrons. The number of likely N-dealkylation sites (tertiary alicyclic amines) is 1. The van der Waals surface area contributed by atoms with Crippen molar-refractivity contribution in [3.63, 3.8) is 0 Å². The zero-order chi connectivity index (χ0) is 52.8. The lowest BCUT2D eigenvalue weighted by Gasteiger charge is -2.46. The Balaban J connectivity index is 1.21. The first-order valence-electron chi connectivity index (χ1n) is 25.9. The number of ether oxygens (including phenoxy) is 3. The lowest BCUT2D eigenvalue weighted by atomic mass is 9.64. The monoisotopic (exact) mass is 1020 g/mol. The maximum atomic E-state index is 16.8. The fourth-order valence-electron chi connectivity index (χ4n) is 11.7. The maximum Gasteiger partial charge on any atom is 0.421 e. The number of aliphatic hydroxyl groups excluding tert-OH is 1. The molecule has 76 heavy (non-hydrogen) atoms. The number of nitrogens with zero attached hydrogens (tertiary/aromatic N) is 5. The molecule has 3 amide bonds. The van der Waals surface area contributed by atoms with E-state index in [2.05, 4.69) is 28.9 Å². The molecule has 15 nitrogen and oxygen atoms in total. The fourth-order valence-corrected chi connectivity index (χ4v) is 11.7. The van der Waals surface area contributed by atoms with Gasteiger partial charge in [0.2, 0.25) is 11.8 Å². The molecule has 6 atom stereocenters. The third-order valence-corrected chi connectivity index (χ3v) is 15.0. The second-order valence-electron chi connectivity index (χ2n) is 19.8. The third-order valence-electron chi connectivity index (χ3n) is 15.0. The number of aliphatic hydroxyl groups is 1. The number of nitro groups is 1. The molecule has 0 unspecified atom stereocenters. The first-order chi connectivity index (χ1) is 37.1. The normalized spacial score (nSPS) is 22.2. The maximum absolute atomic E-state index is 16.8. The molecular weight excluding hydrogens is 963 g/mol. The summed E-state index contributed by atoms with van der Waals surface area (Å²) in [5.41, 5.74) is 2.27. The van der Waals surface area contributed by atoms with Crippen LogP contribution in [0.4, 0.5) is 16.2 Å². The number of morpholine rings is 1. The summed E-state index contributed by atoms with van der Waals surface area (Å²) in [5.74, 6) is 3.62. The van der Waals surface area contributed by atoms with Gasteiger partial charge in [-0.2, -0.15) is 0 Å². The highest BCUT2D eigenvalue weighted by atomic mass is 16.6. The van der Waals surface area contributed by atoms with Gasteiger partial charge < -0.3 is 24.2 Å². The number of cyclic esters (lactones) is 1. The van der Waals surface area contributed by atoms with Gasteiger partial charge in [0, 0.05) is 37.3 Å². The molecule has 0 saturated carbocycles. The Kier molecular flexibility index (Phi) is 15.4. The minimum Gasteiger partial charge on any atom is -0.491 e. The van der Waals surface area contributed by atoms with Crippen LogP contribution in [0.5, 0.6) is 5.75 Å². The van der Waals surface area contributed by atoms with E-state index < -0.39 is 64.4 Å². The van der Waals surface area contributed by atoms with Gasteiger partial charge in [-0.25, -0.2) is 9.69 Å². The minimum absolute atomic E-state index is 0.0323. The van der Waals surface area contributed by atoms with E-state index in [0.29, 0.717) is 72.6 Å². The van der Waals surface area contributed by atoms with Crippen LogP contribution in [0.2, 0.25) is 0 Å². The number of amides is 3. The molecule has 4 aliphatic heterocycles. The van der Waals surface area contributed by atoms with Crippen molar-refractivity contribution < 1.29 is 43.4 Å². The van der Waals surface area contributed by atoms with E-state index >= 15 is 19.2 Å². The summed E-state index contributed by atoms with van der Waals surface area (Å²) in [4.78, 5) is 81.8. The Bertz CT molecular complexity index is 3140. The summed E-state index contributed by atoms with van der Waals surface area (Å²) in [5, 5.41) is 21.4. The first kappa shape index (κ1) is 51.3. The van der Waals surface area contributed by atoms with E-state index in [1.807, 2.05) is 96.9 Å². The van der Waals surface area contributed by atoms with E-state index in [-0.39, 0.29) is 31.2 Å². The number of esters is 1. The van der Waals surface area contributed by atoms with Crippen LogP contribution >= 0.6 is 0 Å². The number of benzene rings is 6. The zero-order valence-corrected chi connectivity index (χ0v) is 42.2. The molecule has 15 heteroatoms. The van der Waals surface area contributed by atoms with Crippen LogP contribution in [-0.2, 0) is 42.4 Å². The van der Waals surface area contributed by atoms with E-state index in [1.165, 1.54) is 24.3 Å². The van der Waals surface area contributed by atoms with Crippen molar-refractivity contribution in [2.24, 2.45) is 5.92 Å². The summed E-state index contributed by atoms with van der Waals surface area (Å²) >= 11 is 0. The molecule has 0 bridgehead atoms. The topological polar surface area (TPSA) is 172 Å². The van der Waals surface area contributed by atoms with Crippen molar-refractivity contribution in [1.82, 2.24) is 14.7 Å². The summed E-state index contributed by atoms with van der Waals surface area (Å²) in [7, 11) is 1.97. The lowest BCUT2D eigenvalue weighted by Crippen LogP contribution is -2.56. The van der Waals surface area contributed by atoms with Crippen LogP contribution in [0.25, 0.3) is 0 Å². The number of hydrogen-bond acceptors (Lipinski definition) is 12. The van der Waals surface area contributed by atoms with Crippen molar-refractivity contribution in [3.05, 3.63) is 207 Å². The highest BCUT2D eigenvalue weighted by molar-refractivity contribution is 6.23. The zero-order valence-electron chi connectivity index (χ0n) is 42.2. The Morgan fingerprint density at radius 1 is 0.776 bits per heavy atom. The molecule has 1 N–H and O–H groups in total. The quantitative estimate of drug-likeness (QED) is 0.0504. The van der Waals surface area contributed by atoms with Gasteiger partial charge in [-0.05, 0) is 95.7 Å². The van der Waals surface area contributed by atoms with Crippen LogP contribution in [0, 0.1) is 27.9 Å². The second kappa shape index (κ2) is 22.8. The number of nitro benzene ring substituents is 1. The second-order valence-corrected chi connectivity index (χ2v) is 19.8. The minimum atomic E-state index is -2.05. The van der Waals surface area contributed by atoms with Gasteiger partial charge in [-0.15, -0.1) is 0 Å². The van der Waals surface area contributed by atoms with Crippen LogP contribution in [0.1, 0.15) is 89.2 Å². The van der Waals surface area contributed by atoms with Crippen LogP contribution in [-0.4, -0.2) is 94.5 Å². The molecular formula is C61H59N5O10. The van der Waals surface area contributed by atoms with Gasteiger partial charge in [0.25, 0.3) is 5.69 Å². The largest absolute Gasteiger partial charge is 0.491 e. The number of anilines is 1. The van der Waals surface area contributed by atoms with Crippen LogP contribution in [0.15, 0.2) is 158 Å². The molecule has 0 aromatic heterocycles. The fraction of sp³-hybridized carbons (Fsp3) is 0.311. The number of non-ortho nitro benzene ring substituents is 1. The SMILES string of the molecule is CN(CC#Cc1ccc2c(c1)[C@]1(C(=O)N2C(=O)OCc2ccc([N+](=O)[O-])cc2)[C@H](C(=O)N2CCCCCCC2)[C@H]2C(=O)O[C@H](c3ccccc3)[C@H](c3ccccc3)N2[C@@H]1c1cccc(OCCO)c1)Cc1ccccc1. The molecule has 6 aromatic rings. The molecule has 3 saturated heterocycles. The van der Waals surface area contributed by atoms with Crippen molar-refractivity contribution in [2.45, 2.75) is 74.9 Å². The van der Waals surface area contributed by atoms with Crippen molar-refractivity contribution in [1.29, 1.82) is 0 Å². The highest BCUT2D eigenvalue weighted by Crippen LogP contribution is 2.66. The van der Waals surface area contributed by atoms with Crippen LogP contribution in [0.3, 0.4) is 0 Å². The molecule has 3 fully saturated rings. The molecule has 10 rings (SSSR count). The highest BCUT2D eigenvalue weighted by Gasteiger charge is 2.76. The van der Waals surface area contributed by atoms with Gasteiger partial charge in [0.1, 0.15) is 36.5 Å². The van der Waals surface area contributed by atoms with Gasteiger partial charge in [-0.3, -0.25) is 34.3 Å².